The van der Waals surface area contributed by atoms with Gasteiger partial charge in [-0.1, -0.05) is 42.5 Å². The molecule has 0 spiro atoms. The summed E-state index contributed by atoms with van der Waals surface area (Å²) in [6.07, 6.45) is 0.441. The van der Waals surface area contributed by atoms with Crippen molar-refractivity contribution in [3.05, 3.63) is 54.6 Å². The zero-order valence-electron chi connectivity index (χ0n) is 14.5. The van der Waals surface area contributed by atoms with Crippen LogP contribution < -0.4 is 5.32 Å². The first-order valence-corrected chi connectivity index (χ1v) is 10.2. The number of carbonyl (C=O) groups is 2. The van der Waals surface area contributed by atoms with Crippen LogP contribution in [0, 0.1) is 0 Å². The molecule has 2 aliphatic rings. The van der Waals surface area contributed by atoms with E-state index in [2.05, 4.69) is 5.32 Å². The maximum Gasteiger partial charge on any atom is 0.324 e. The van der Waals surface area contributed by atoms with E-state index in [0.717, 1.165) is 16.0 Å². The minimum atomic E-state index is -3.70. The van der Waals surface area contributed by atoms with Crippen LogP contribution in [0.15, 0.2) is 59.5 Å². The minimum Gasteiger partial charge on any atom is -0.329 e. The minimum absolute atomic E-state index is 0.0266. The van der Waals surface area contributed by atoms with E-state index in [1.54, 1.807) is 18.2 Å². The monoisotopic (exact) mass is 385 g/mol. The van der Waals surface area contributed by atoms with E-state index < -0.39 is 22.1 Å². The van der Waals surface area contributed by atoms with E-state index in [0.29, 0.717) is 6.42 Å². The van der Waals surface area contributed by atoms with Crippen LogP contribution in [-0.4, -0.2) is 55.2 Å². The molecule has 3 amide bonds. The van der Waals surface area contributed by atoms with Crippen molar-refractivity contribution in [1.29, 1.82) is 0 Å². The Balaban J connectivity index is 1.58. The van der Waals surface area contributed by atoms with Crippen LogP contribution in [0.1, 0.15) is 6.42 Å². The third-order valence-electron chi connectivity index (χ3n) is 4.95. The lowest BCUT2D eigenvalue weighted by Gasteiger charge is -2.21. The fourth-order valence-electron chi connectivity index (χ4n) is 3.56. The molecule has 2 aromatic rings. The highest BCUT2D eigenvalue weighted by Gasteiger charge is 2.41. The van der Waals surface area contributed by atoms with Gasteiger partial charge in [-0.25, -0.2) is 13.2 Å². The van der Waals surface area contributed by atoms with Gasteiger partial charge in [-0.2, -0.15) is 4.31 Å². The number of nitrogens with one attached hydrogen (secondary N) is 1. The number of amides is 3. The highest BCUT2D eigenvalue weighted by Crippen LogP contribution is 2.27. The molecule has 1 atom stereocenters. The van der Waals surface area contributed by atoms with Crippen LogP contribution in [-0.2, 0) is 14.8 Å². The average molecular weight is 385 g/mol. The normalized spacial score (nSPS) is 20.9. The van der Waals surface area contributed by atoms with Gasteiger partial charge in [0.25, 0.3) is 0 Å². The SMILES string of the molecule is O=C1CNC(=O)N1C1CCN(S(=O)(=O)c2cccc(-c3ccccc3)c2)C1. The van der Waals surface area contributed by atoms with E-state index in [9.17, 15) is 18.0 Å². The number of carbonyl (C=O) groups excluding carboxylic acids is 2. The van der Waals surface area contributed by atoms with Gasteiger partial charge in [0, 0.05) is 13.1 Å². The molecule has 0 saturated carbocycles. The van der Waals surface area contributed by atoms with Gasteiger partial charge in [-0.15, -0.1) is 0 Å². The largest absolute Gasteiger partial charge is 0.329 e. The van der Waals surface area contributed by atoms with Gasteiger partial charge in [0.1, 0.15) is 0 Å². The fourth-order valence-corrected chi connectivity index (χ4v) is 5.10. The first-order chi connectivity index (χ1) is 13.0. The van der Waals surface area contributed by atoms with E-state index >= 15 is 0 Å². The molecule has 4 rings (SSSR count). The Morgan fingerprint density at radius 1 is 0.963 bits per heavy atom. The van der Waals surface area contributed by atoms with Crippen LogP contribution in [0.3, 0.4) is 0 Å². The first kappa shape index (κ1) is 17.7. The molecular weight excluding hydrogens is 366 g/mol. The predicted octanol–water partition coefficient (Wildman–Crippen LogP) is 1.67. The molecule has 2 aromatic carbocycles. The van der Waals surface area contributed by atoms with Crippen molar-refractivity contribution in [2.45, 2.75) is 17.4 Å². The number of imide groups is 1. The van der Waals surface area contributed by atoms with Crippen molar-refractivity contribution >= 4 is 22.0 Å². The standard InChI is InChI=1S/C19H19N3O4S/c23-18-12-20-19(24)22(18)16-9-10-21(13-16)27(25,26)17-8-4-7-15(11-17)14-5-2-1-3-6-14/h1-8,11,16H,9-10,12-13H2,(H,20,24). The summed E-state index contributed by atoms with van der Waals surface area (Å²) in [7, 11) is -3.70. The molecule has 1 N–H and O–H groups in total. The third kappa shape index (κ3) is 3.22. The Bertz CT molecular complexity index is 975. The van der Waals surface area contributed by atoms with Crippen molar-refractivity contribution in [3.63, 3.8) is 0 Å². The molecule has 2 heterocycles. The lowest BCUT2D eigenvalue weighted by Crippen LogP contribution is -2.42. The van der Waals surface area contributed by atoms with Gasteiger partial charge in [0.2, 0.25) is 15.9 Å². The van der Waals surface area contributed by atoms with Crippen LogP contribution in [0.5, 0.6) is 0 Å². The fraction of sp³-hybridized carbons (Fsp3) is 0.263. The molecular formula is C19H19N3O4S. The highest BCUT2D eigenvalue weighted by molar-refractivity contribution is 7.89. The molecule has 140 valence electrons. The molecule has 0 aliphatic carbocycles. The number of rotatable bonds is 4. The Labute approximate surface area is 157 Å². The van der Waals surface area contributed by atoms with Gasteiger partial charge in [0.15, 0.2) is 0 Å². The topological polar surface area (TPSA) is 86.8 Å². The summed E-state index contributed by atoms with van der Waals surface area (Å²) in [4.78, 5) is 25.1. The summed E-state index contributed by atoms with van der Waals surface area (Å²) in [5.41, 5.74) is 1.76. The van der Waals surface area contributed by atoms with E-state index in [1.165, 1.54) is 4.31 Å². The van der Waals surface area contributed by atoms with Crippen LogP contribution >= 0.6 is 0 Å². The molecule has 2 fully saturated rings. The summed E-state index contributed by atoms with van der Waals surface area (Å²) in [6, 6.07) is 15.5. The predicted molar refractivity (Wildman–Crippen MR) is 99.3 cm³/mol. The smallest absolute Gasteiger partial charge is 0.324 e. The van der Waals surface area contributed by atoms with Gasteiger partial charge < -0.3 is 5.32 Å². The van der Waals surface area contributed by atoms with Crippen molar-refractivity contribution in [2.24, 2.45) is 0 Å². The van der Waals surface area contributed by atoms with Crippen LogP contribution in [0.4, 0.5) is 4.79 Å². The Hall–Kier alpha value is -2.71. The number of hydrogen-bond donors (Lipinski definition) is 1. The van der Waals surface area contributed by atoms with Gasteiger partial charge in [-0.3, -0.25) is 9.69 Å². The maximum absolute atomic E-state index is 13.1. The summed E-state index contributed by atoms with van der Waals surface area (Å²) in [6.45, 7) is 0.373. The number of nitrogens with zero attached hydrogens (tertiary/aromatic N) is 2. The Kier molecular flexibility index (Phi) is 4.45. The van der Waals surface area contributed by atoms with Crippen molar-refractivity contribution in [3.8, 4) is 11.1 Å². The van der Waals surface area contributed by atoms with Crippen molar-refractivity contribution in [1.82, 2.24) is 14.5 Å². The molecule has 0 radical (unpaired) electrons. The zero-order chi connectivity index (χ0) is 19.0. The molecule has 0 aromatic heterocycles. The molecule has 2 aliphatic heterocycles. The summed E-state index contributed by atoms with van der Waals surface area (Å²) >= 11 is 0. The molecule has 0 bridgehead atoms. The third-order valence-corrected chi connectivity index (χ3v) is 6.81. The molecule has 1 unspecified atom stereocenters. The summed E-state index contributed by atoms with van der Waals surface area (Å²) < 4.78 is 27.5. The van der Waals surface area contributed by atoms with Gasteiger partial charge >= 0.3 is 6.03 Å². The van der Waals surface area contributed by atoms with Crippen LogP contribution in [0.25, 0.3) is 11.1 Å². The molecule has 8 heteroatoms. The molecule has 27 heavy (non-hydrogen) atoms. The zero-order valence-corrected chi connectivity index (χ0v) is 15.4. The lowest BCUT2D eigenvalue weighted by molar-refractivity contribution is -0.126. The second kappa shape index (κ2) is 6.79. The lowest BCUT2D eigenvalue weighted by atomic mass is 10.1. The second-order valence-electron chi connectivity index (χ2n) is 6.62. The van der Waals surface area contributed by atoms with Crippen molar-refractivity contribution in [2.75, 3.05) is 19.6 Å². The number of urea groups is 1. The first-order valence-electron chi connectivity index (χ1n) is 8.72. The number of hydrogen-bond acceptors (Lipinski definition) is 4. The van der Waals surface area contributed by atoms with Crippen molar-refractivity contribution < 1.29 is 18.0 Å². The quantitative estimate of drug-likeness (QED) is 0.811. The Morgan fingerprint density at radius 3 is 2.41 bits per heavy atom. The highest BCUT2D eigenvalue weighted by atomic mass is 32.2. The number of sulfonamides is 1. The average Bonchev–Trinajstić information content (AvgIpc) is 3.29. The second-order valence-corrected chi connectivity index (χ2v) is 8.56. The van der Waals surface area contributed by atoms with Gasteiger partial charge in [-0.05, 0) is 29.7 Å². The van der Waals surface area contributed by atoms with Gasteiger partial charge in [0.05, 0.1) is 17.5 Å². The Morgan fingerprint density at radius 2 is 1.70 bits per heavy atom. The summed E-state index contributed by atoms with van der Waals surface area (Å²) in [5, 5.41) is 2.48. The van der Waals surface area contributed by atoms with Crippen LogP contribution in [0.2, 0.25) is 0 Å². The van der Waals surface area contributed by atoms with E-state index in [1.807, 2.05) is 36.4 Å². The molecule has 7 nitrogen and oxygen atoms in total. The van der Waals surface area contributed by atoms with E-state index in [-0.39, 0.29) is 30.4 Å². The summed E-state index contributed by atoms with van der Waals surface area (Å²) in [5.74, 6) is -0.310. The molecule has 2 saturated heterocycles. The van der Waals surface area contributed by atoms with E-state index in [4.69, 9.17) is 0 Å². The maximum atomic E-state index is 13.1. The number of benzene rings is 2.